The van der Waals surface area contributed by atoms with Gasteiger partial charge in [-0.15, -0.1) is 5.10 Å². The van der Waals surface area contributed by atoms with Crippen LogP contribution in [0.15, 0.2) is 72.6 Å². The minimum atomic E-state index is -1.21. The normalized spacial score (nSPS) is 14.7. The summed E-state index contributed by atoms with van der Waals surface area (Å²) < 4.78 is 64.6. The molecule has 3 aromatic carbocycles. The Hall–Kier alpha value is -4.13. The molecule has 0 saturated heterocycles. The highest BCUT2D eigenvalue weighted by Gasteiger charge is 2.19. The fourth-order valence-corrected chi connectivity index (χ4v) is 2.44. The Bertz CT molecular complexity index is 1510. The Labute approximate surface area is 171 Å². The van der Waals surface area contributed by atoms with E-state index in [2.05, 4.69) is 10.1 Å². The fourth-order valence-electron chi connectivity index (χ4n) is 2.44. The molecule has 1 aromatic heterocycles. The van der Waals surface area contributed by atoms with Gasteiger partial charge in [0.25, 0.3) is 0 Å². The molecule has 138 valence electrons. The molecule has 28 heavy (non-hydrogen) atoms. The third kappa shape index (κ3) is 3.05. The number of aromatic hydroxyl groups is 2. The molecule has 0 unspecified atom stereocenters. The first-order valence-electron chi connectivity index (χ1n) is 11.8. The molecular weight excluding hydrogens is 358 g/mol. The number of carboxylic acids is 1. The Balaban J connectivity index is 2.09. The lowest BCUT2D eigenvalue weighted by Crippen LogP contribution is -2.02. The van der Waals surface area contributed by atoms with Gasteiger partial charge in [0.2, 0.25) is 0 Å². The number of rotatable bonds is 4. The van der Waals surface area contributed by atoms with Crippen molar-refractivity contribution in [2.75, 3.05) is 0 Å². The van der Waals surface area contributed by atoms with Crippen LogP contribution in [0.1, 0.15) is 21.3 Å². The maximum atomic E-state index is 11.2. The van der Waals surface area contributed by atoms with Crippen LogP contribution in [0, 0.1) is 0 Å². The van der Waals surface area contributed by atoms with Crippen LogP contribution in [0.25, 0.3) is 28.5 Å². The second kappa shape index (κ2) is 6.88. The second-order valence-corrected chi connectivity index (χ2v) is 5.47. The van der Waals surface area contributed by atoms with Gasteiger partial charge >= 0.3 is 5.97 Å². The summed E-state index contributed by atoms with van der Waals surface area (Å²) >= 11 is 0. The first-order chi connectivity index (χ1) is 16.9. The summed E-state index contributed by atoms with van der Waals surface area (Å²) in [4.78, 5) is 15.4. The quantitative estimate of drug-likeness (QED) is 0.497. The molecule has 7 heteroatoms. The summed E-state index contributed by atoms with van der Waals surface area (Å²) in [7, 11) is 0. The molecule has 0 saturated carbocycles. The molecule has 0 amide bonds. The zero-order valence-corrected chi connectivity index (χ0v) is 13.9. The molecule has 0 fully saturated rings. The van der Waals surface area contributed by atoms with Crippen LogP contribution in [-0.2, 0) is 0 Å². The van der Waals surface area contributed by atoms with Gasteiger partial charge in [0.15, 0.2) is 11.6 Å². The fraction of sp³-hybridized carbons (Fsp3) is 0. The molecule has 4 rings (SSSR count). The zero-order valence-electron chi connectivity index (χ0n) is 21.9. The average molecular weight is 381 g/mol. The van der Waals surface area contributed by atoms with E-state index in [1.54, 1.807) is 0 Å². The van der Waals surface area contributed by atoms with Gasteiger partial charge in [-0.05, 0) is 48.4 Å². The summed E-state index contributed by atoms with van der Waals surface area (Å²) in [5, 5.41) is 34.4. The molecule has 3 N–H and O–H groups in total. The van der Waals surface area contributed by atoms with Crippen LogP contribution in [-0.4, -0.2) is 36.1 Å². The van der Waals surface area contributed by atoms with Crippen molar-refractivity contribution >= 4 is 5.97 Å². The smallest absolute Gasteiger partial charge is 0.335 e. The van der Waals surface area contributed by atoms with E-state index in [0.717, 1.165) is 4.68 Å². The molecule has 0 aliphatic heterocycles. The summed E-state index contributed by atoms with van der Waals surface area (Å²) in [5.74, 6) is -3.72. The van der Waals surface area contributed by atoms with Gasteiger partial charge in [-0.2, -0.15) is 0 Å². The number of para-hydroxylation sites is 2. The molecule has 0 atom stereocenters. The summed E-state index contributed by atoms with van der Waals surface area (Å²) in [6.07, 6.45) is 0. The number of benzene rings is 3. The monoisotopic (exact) mass is 381 g/mol. The van der Waals surface area contributed by atoms with E-state index in [4.69, 9.17) is 11.0 Å². The van der Waals surface area contributed by atoms with Crippen molar-refractivity contribution in [1.29, 1.82) is 0 Å². The lowest BCUT2D eigenvalue weighted by Gasteiger charge is -2.07. The minimum absolute atomic E-state index is 0.0695. The van der Waals surface area contributed by atoms with Gasteiger partial charge in [0.05, 0.1) is 33.3 Å². The molecule has 0 spiro atoms. The van der Waals surface area contributed by atoms with Crippen LogP contribution in [0.3, 0.4) is 0 Å². The maximum Gasteiger partial charge on any atom is 0.335 e. The second-order valence-electron chi connectivity index (χ2n) is 5.47. The van der Waals surface area contributed by atoms with E-state index in [1.165, 1.54) is 24.3 Å². The Morgan fingerprint density at radius 3 is 2.11 bits per heavy atom. The highest BCUT2D eigenvalue weighted by atomic mass is 16.4. The van der Waals surface area contributed by atoms with E-state index < -0.39 is 82.8 Å². The number of aromatic carboxylic acids is 1. The first-order valence-corrected chi connectivity index (χ1v) is 7.76. The molecule has 1 heterocycles. The number of phenolic OH excluding ortho intramolecular Hbond substituents is 2. The molecular formula is C21H15N3O4. The number of carboxylic acid groups (broad SMARTS) is 1. The van der Waals surface area contributed by atoms with Crippen molar-refractivity contribution in [3.63, 3.8) is 0 Å². The van der Waals surface area contributed by atoms with Crippen LogP contribution < -0.4 is 0 Å². The van der Waals surface area contributed by atoms with Gasteiger partial charge in [0, 0.05) is 0 Å². The van der Waals surface area contributed by atoms with E-state index in [0.29, 0.717) is 0 Å². The van der Waals surface area contributed by atoms with Crippen LogP contribution >= 0.6 is 0 Å². The van der Waals surface area contributed by atoms with Gasteiger partial charge in [-0.3, -0.25) is 0 Å². The van der Waals surface area contributed by atoms with Crippen molar-refractivity contribution in [1.82, 2.24) is 14.8 Å². The molecule has 0 radical (unpaired) electrons. The van der Waals surface area contributed by atoms with Crippen molar-refractivity contribution < 1.29 is 31.1 Å². The minimum Gasteiger partial charge on any atom is -0.507 e. The van der Waals surface area contributed by atoms with Crippen molar-refractivity contribution in [3.8, 4) is 40.0 Å². The van der Waals surface area contributed by atoms with E-state index >= 15 is 0 Å². The van der Waals surface area contributed by atoms with E-state index in [1.807, 2.05) is 0 Å². The molecule has 4 aromatic rings. The van der Waals surface area contributed by atoms with Gasteiger partial charge in [0.1, 0.15) is 11.5 Å². The van der Waals surface area contributed by atoms with Gasteiger partial charge < -0.3 is 15.3 Å². The topological polar surface area (TPSA) is 108 Å². The lowest BCUT2D eigenvalue weighted by molar-refractivity contribution is 0.0697. The maximum absolute atomic E-state index is 11.2. The first kappa shape index (κ1) is 10.3. The van der Waals surface area contributed by atoms with E-state index in [9.17, 15) is 20.1 Å². The highest BCUT2D eigenvalue weighted by molar-refractivity contribution is 5.87. The molecule has 0 bridgehead atoms. The predicted octanol–water partition coefficient (Wildman–Crippen LogP) is 3.71. The summed E-state index contributed by atoms with van der Waals surface area (Å²) in [5.41, 5.74) is -0.883. The summed E-state index contributed by atoms with van der Waals surface area (Å²) in [6.45, 7) is 0. The third-order valence-corrected chi connectivity index (χ3v) is 3.75. The predicted molar refractivity (Wildman–Crippen MR) is 103 cm³/mol. The Morgan fingerprint density at radius 2 is 1.46 bits per heavy atom. The standard InChI is InChI=1S/C21H15N3O4/c25-17-7-3-1-5-15(17)19-22-20(16-6-2-4-8-18(16)26)24(23-19)14-11-9-13(10-12-14)21(27)28/h1-12,25-26H,(H,27,28)/i1D,2D,3D,4D,5D,6D,7D,8D. The molecule has 0 aliphatic rings. The number of hydrogen-bond acceptors (Lipinski definition) is 5. The van der Waals surface area contributed by atoms with Crippen LogP contribution in [0.2, 0.25) is 0 Å². The van der Waals surface area contributed by atoms with Gasteiger partial charge in [-0.25, -0.2) is 14.5 Å². The lowest BCUT2D eigenvalue weighted by atomic mass is 10.1. The molecule has 0 aliphatic carbocycles. The zero-order chi connectivity index (χ0) is 26.6. The van der Waals surface area contributed by atoms with Crippen LogP contribution in [0.4, 0.5) is 0 Å². The summed E-state index contributed by atoms with van der Waals surface area (Å²) in [6, 6.07) is -0.518. The van der Waals surface area contributed by atoms with Crippen molar-refractivity contribution in [2.24, 2.45) is 0 Å². The van der Waals surface area contributed by atoms with Crippen LogP contribution in [0.5, 0.6) is 11.5 Å². The van der Waals surface area contributed by atoms with Crippen molar-refractivity contribution in [2.45, 2.75) is 0 Å². The van der Waals surface area contributed by atoms with Gasteiger partial charge in [-0.1, -0.05) is 24.2 Å². The number of aromatic nitrogens is 3. The number of phenols is 2. The van der Waals surface area contributed by atoms with E-state index in [-0.39, 0.29) is 17.1 Å². The third-order valence-electron chi connectivity index (χ3n) is 3.75. The largest absolute Gasteiger partial charge is 0.507 e. The van der Waals surface area contributed by atoms with Crippen molar-refractivity contribution in [3.05, 3.63) is 78.2 Å². The molecule has 7 nitrogen and oxygen atoms in total. The Morgan fingerprint density at radius 1 is 0.893 bits per heavy atom. The highest BCUT2D eigenvalue weighted by Crippen LogP contribution is 2.33. The average Bonchev–Trinajstić information content (AvgIpc) is 3.28. The SMILES string of the molecule is [2H]c1c([2H])c([2H])c(-c2nc(-c3c([2H])c([2H])c([2H])c([2H])c3O)n(-c3ccc(C(=O)O)cc3)n2)c(O)c1[2H]. The number of nitrogens with zero attached hydrogens (tertiary/aromatic N) is 3. The Kier molecular flexibility index (Phi) is 2.52. The number of hydrogen-bond donors (Lipinski definition) is 3. The number of carbonyl (C=O) groups is 1.